The summed E-state index contributed by atoms with van der Waals surface area (Å²) in [6.45, 7) is 0.738. The number of rotatable bonds is 5. The first-order valence-corrected chi connectivity index (χ1v) is 6.37. The van der Waals surface area contributed by atoms with Crippen LogP contribution in [0.2, 0.25) is 0 Å². The van der Waals surface area contributed by atoms with Crippen molar-refractivity contribution < 1.29 is 0 Å². The standard InChI is InChI=1S/C12H14N4S/c13-8-4-1-5-9-16(14)12-15-10-6-2-3-7-11(10)17-12/h2-3,6-7H,1,4-5,9,14H2. The third-order valence-electron chi connectivity index (χ3n) is 2.47. The summed E-state index contributed by atoms with van der Waals surface area (Å²) in [6, 6.07) is 10.1. The highest BCUT2D eigenvalue weighted by atomic mass is 32.1. The number of nitrogens with zero attached hydrogens (tertiary/aromatic N) is 3. The summed E-state index contributed by atoms with van der Waals surface area (Å²) < 4.78 is 1.15. The lowest BCUT2D eigenvalue weighted by Crippen LogP contribution is -2.31. The molecule has 2 N–H and O–H groups in total. The molecule has 0 saturated heterocycles. The predicted molar refractivity (Wildman–Crippen MR) is 70.6 cm³/mol. The molecule has 0 saturated carbocycles. The van der Waals surface area contributed by atoms with Crippen LogP contribution in [0.15, 0.2) is 24.3 Å². The van der Waals surface area contributed by atoms with Crippen LogP contribution in [0, 0.1) is 11.3 Å². The van der Waals surface area contributed by atoms with Crippen molar-refractivity contribution in [2.45, 2.75) is 19.3 Å². The van der Waals surface area contributed by atoms with E-state index in [9.17, 15) is 0 Å². The molecule has 0 aliphatic rings. The monoisotopic (exact) mass is 246 g/mol. The van der Waals surface area contributed by atoms with Gasteiger partial charge in [0.25, 0.3) is 0 Å². The Hall–Kier alpha value is -1.64. The van der Waals surface area contributed by atoms with E-state index in [4.69, 9.17) is 11.1 Å². The smallest absolute Gasteiger partial charge is 0.200 e. The van der Waals surface area contributed by atoms with Crippen molar-refractivity contribution in [3.05, 3.63) is 24.3 Å². The van der Waals surface area contributed by atoms with Crippen LogP contribution in [0.3, 0.4) is 0 Å². The number of hydrogen-bond donors (Lipinski definition) is 1. The summed E-state index contributed by atoms with van der Waals surface area (Å²) in [5.74, 6) is 5.94. The molecule has 4 nitrogen and oxygen atoms in total. The fraction of sp³-hybridized carbons (Fsp3) is 0.333. The van der Waals surface area contributed by atoms with Gasteiger partial charge in [0.2, 0.25) is 5.13 Å². The number of hydrogen-bond acceptors (Lipinski definition) is 5. The van der Waals surface area contributed by atoms with E-state index in [1.54, 1.807) is 16.3 Å². The van der Waals surface area contributed by atoms with Crippen LogP contribution in [-0.2, 0) is 0 Å². The fourth-order valence-electron chi connectivity index (χ4n) is 1.56. The van der Waals surface area contributed by atoms with E-state index in [1.807, 2.05) is 24.3 Å². The van der Waals surface area contributed by atoms with Gasteiger partial charge in [0.05, 0.1) is 16.3 Å². The van der Waals surface area contributed by atoms with E-state index in [0.717, 1.165) is 34.7 Å². The van der Waals surface area contributed by atoms with Gasteiger partial charge in [0.1, 0.15) is 0 Å². The van der Waals surface area contributed by atoms with Crippen molar-refractivity contribution in [3.8, 4) is 6.07 Å². The van der Waals surface area contributed by atoms with Crippen LogP contribution in [-0.4, -0.2) is 11.5 Å². The zero-order valence-electron chi connectivity index (χ0n) is 9.47. The van der Waals surface area contributed by atoms with E-state index < -0.39 is 0 Å². The summed E-state index contributed by atoms with van der Waals surface area (Å²) in [7, 11) is 0. The van der Waals surface area contributed by atoms with E-state index >= 15 is 0 Å². The normalized spacial score (nSPS) is 10.4. The molecule has 88 valence electrons. The summed E-state index contributed by atoms with van der Waals surface area (Å²) in [5, 5.41) is 10.9. The van der Waals surface area contributed by atoms with Crippen LogP contribution in [0.1, 0.15) is 19.3 Å². The molecule has 0 spiro atoms. The molecule has 1 aromatic carbocycles. The maximum absolute atomic E-state index is 8.44. The number of fused-ring (bicyclic) bond motifs is 1. The Morgan fingerprint density at radius 3 is 2.94 bits per heavy atom. The first kappa shape index (κ1) is 11.8. The lowest BCUT2D eigenvalue weighted by molar-refractivity contribution is 0.711. The quantitative estimate of drug-likeness (QED) is 0.500. The van der Waals surface area contributed by atoms with Crippen LogP contribution in [0.25, 0.3) is 10.2 Å². The van der Waals surface area contributed by atoms with Gasteiger partial charge >= 0.3 is 0 Å². The minimum absolute atomic E-state index is 0.591. The minimum atomic E-state index is 0.591. The van der Waals surface area contributed by atoms with E-state index in [2.05, 4.69) is 11.1 Å². The molecule has 1 aromatic heterocycles. The molecule has 5 heteroatoms. The van der Waals surface area contributed by atoms with Crippen molar-refractivity contribution in [2.24, 2.45) is 5.84 Å². The van der Waals surface area contributed by atoms with Crippen molar-refractivity contribution >= 4 is 26.7 Å². The minimum Gasteiger partial charge on any atom is -0.286 e. The van der Waals surface area contributed by atoms with Crippen LogP contribution >= 0.6 is 11.3 Å². The van der Waals surface area contributed by atoms with Crippen molar-refractivity contribution in [1.82, 2.24) is 4.98 Å². The first-order chi connectivity index (χ1) is 8.31. The molecule has 0 amide bonds. The Morgan fingerprint density at radius 2 is 2.18 bits per heavy atom. The number of thiazole rings is 1. The van der Waals surface area contributed by atoms with Crippen molar-refractivity contribution in [1.29, 1.82) is 5.26 Å². The molecule has 17 heavy (non-hydrogen) atoms. The summed E-state index contributed by atoms with van der Waals surface area (Å²) in [5.41, 5.74) is 0.986. The van der Waals surface area contributed by atoms with Crippen molar-refractivity contribution in [3.63, 3.8) is 0 Å². The van der Waals surface area contributed by atoms with E-state index in [1.165, 1.54) is 0 Å². The van der Waals surface area contributed by atoms with E-state index in [-0.39, 0.29) is 0 Å². The van der Waals surface area contributed by atoms with Gasteiger partial charge in [-0.1, -0.05) is 23.5 Å². The van der Waals surface area contributed by atoms with Gasteiger partial charge < -0.3 is 0 Å². The summed E-state index contributed by atoms with van der Waals surface area (Å²) in [4.78, 5) is 4.47. The second-order valence-corrected chi connectivity index (χ2v) is 4.78. The van der Waals surface area contributed by atoms with Gasteiger partial charge in [-0.2, -0.15) is 5.26 Å². The summed E-state index contributed by atoms with van der Waals surface area (Å²) >= 11 is 1.59. The molecule has 0 bridgehead atoms. The van der Waals surface area contributed by atoms with Gasteiger partial charge in [-0.05, 0) is 25.0 Å². The number of anilines is 1. The number of benzene rings is 1. The van der Waals surface area contributed by atoms with Gasteiger partial charge in [-0.3, -0.25) is 5.01 Å². The molecule has 0 unspecified atom stereocenters. The van der Waals surface area contributed by atoms with Crippen LogP contribution < -0.4 is 10.9 Å². The molecule has 0 atom stereocenters. The maximum atomic E-state index is 8.44. The predicted octanol–water partition coefficient (Wildman–Crippen LogP) is 2.67. The average molecular weight is 246 g/mol. The van der Waals surface area contributed by atoms with Crippen molar-refractivity contribution in [2.75, 3.05) is 11.6 Å². The highest BCUT2D eigenvalue weighted by Crippen LogP contribution is 2.27. The zero-order valence-corrected chi connectivity index (χ0v) is 10.3. The Balaban J connectivity index is 1.99. The highest BCUT2D eigenvalue weighted by Gasteiger charge is 2.07. The number of nitriles is 1. The van der Waals surface area contributed by atoms with Gasteiger partial charge in [0, 0.05) is 13.0 Å². The molecule has 2 rings (SSSR count). The molecule has 0 aliphatic heterocycles. The van der Waals surface area contributed by atoms with Gasteiger partial charge in [-0.15, -0.1) is 0 Å². The number of para-hydroxylation sites is 1. The lowest BCUT2D eigenvalue weighted by Gasteiger charge is -2.13. The molecule has 0 radical (unpaired) electrons. The largest absolute Gasteiger partial charge is 0.286 e. The SMILES string of the molecule is N#CCCCCN(N)c1nc2ccccc2s1. The molecular weight excluding hydrogens is 232 g/mol. The lowest BCUT2D eigenvalue weighted by atomic mass is 10.2. The van der Waals surface area contributed by atoms with Crippen LogP contribution in [0.4, 0.5) is 5.13 Å². The second-order valence-electron chi connectivity index (χ2n) is 3.77. The molecule has 2 aromatic rings. The third-order valence-corrected chi connectivity index (χ3v) is 3.54. The Kier molecular flexibility index (Phi) is 3.91. The highest BCUT2D eigenvalue weighted by molar-refractivity contribution is 7.22. The Bertz CT molecular complexity index is 496. The Morgan fingerprint density at radius 1 is 1.35 bits per heavy atom. The molecule has 0 fully saturated rings. The van der Waals surface area contributed by atoms with Gasteiger partial charge in [0.15, 0.2) is 0 Å². The second kappa shape index (κ2) is 5.62. The summed E-state index contributed by atoms with van der Waals surface area (Å²) in [6.07, 6.45) is 2.39. The number of unbranched alkanes of at least 4 members (excludes halogenated alkanes) is 2. The van der Waals surface area contributed by atoms with Gasteiger partial charge in [-0.25, -0.2) is 10.8 Å². The molecule has 1 heterocycles. The first-order valence-electron chi connectivity index (χ1n) is 5.56. The molecule has 0 aliphatic carbocycles. The maximum Gasteiger partial charge on any atom is 0.200 e. The average Bonchev–Trinajstić information content (AvgIpc) is 2.78. The third kappa shape index (κ3) is 2.93. The topological polar surface area (TPSA) is 65.9 Å². The zero-order chi connectivity index (χ0) is 12.1. The molecular formula is C12H14N4S. The fourth-order valence-corrected chi connectivity index (χ4v) is 2.48. The number of nitrogens with two attached hydrogens (primary N) is 1. The van der Waals surface area contributed by atoms with Crippen LogP contribution in [0.5, 0.6) is 0 Å². The number of aromatic nitrogens is 1. The number of hydrazine groups is 1. The van der Waals surface area contributed by atoms with E-state index in [0.29, 0.717) is 6.42 Å². The Labute approximate surface area is 104 Å².